The molecule has 1 aromatic carbocycles. The van der Waals surface area contributed by atoms with Crippen LogP contribution >= 0.6 is 0 Å². The van der Waals surface area contributed by atoms with Gasteiger partial charge in [-0.05, 0) is 39.2 Å². The van der Waals surface area contributed by atoms with Gasteiger partial charge >= 0.3 is 18.2 Å². The summed E-state index contributed by atoms with van der Waals surface area (Å²) >= 11 is 0. The van der Waals surface area contributed by atoms with Crippen LogP contribution in [0.15, 0.2) is 35.3 Å². The summed E-state index contributed by atoms with van der Waals surface area (Å²) in [6.45, 7) is 4.83. The molecule has 0 aromatic heterocycles. The first-order valence-corrected chi connectivity index (χ1v) is 9.02. The molecule has 10 nitrogen and oxygen atoms in total. The van der Waals surface area contributed by atoms with Gasteiger partial charge in [-0.1, -0.05) is 30.3 Å². The Morgan fingerprint density at radius 2 is 1.76 bits per heavy atom. The molecule has 10 heteroatoms. The number of aliphatic imine (C=N–C) groups is 1. The van der Waals surface area contributed by atoms with Gasteiger partial charge in [0, 0.05) is 6.54 Å². The number of amides is 2. The van der Waals surface area contributed by atoms with Crippen molar-refractivity contribution >= 4 is 24.1 Å². The zero-order valence-corrected chi connectivity index (χ0v) is 16.8. The third kappa shape index (κ3) is 8.96. The quantitative estimate of drug-likeness (QED) is 0.335. The first-order valence-electron chi connectivity index (χ1n) is 9.02. The highest BCUT2D eigenvalue weighted by molar-refractivity contribution is 5.93. The molecule has 0 aliphatic carbocycles. The lowest BCUT2D eigenvalue weighted by molar-refractivity contribution is -0.143. The van der Waals surface area contributed by atoms with Crippen LogP contribution in [0.2, 0.25) is 0 Å². The third-order valence-electron chi connectivity index (χ3n) is 3.52. The predicted octanol–water partition coefficient (Wildman–Crippen LogP) is 2.07. The average Bonchev–Trinajstić information content (AvgIpc) is 2.61. The Bertz CT molecular complexity index is 726. The molecular weight excluding hydrogens is 380 g/mol. The zero-order valence-electron chi connectivity index (χ0n) is 16.8. The van der Waals surface area contributed by atoms with E-state index in [0.29, 0.717) is 10.5 Å². The lowest BCUT2D eigenvalue weighted by Crippen LogP contribution is -2.50. The molecule has 0 spiro atoms. The molecule has 1 unspecified atom stereocenters. The number of rotatable bonds is 8. The van der Waals surface area contributed by atoms with Crippen molar-refractivity contribution in [2.24, 2.45) is 16.5 Å². The number of nitrogens with two attached hydrogens (primary N) is 2. The van der Waals surface area contributed by atoms with Crippen molar-refractivity contribution in [3.8, 4) is 0 Å². The molecule has 0 aliphatic rings. The van der Waals surface area contributed by atoms with Gasteiger partial charge < -0.3 is 26.0 Å². The Morgan fingerprint density at radius 3 is 2.28 bits per heavy atom. The maximum absolute atomic E-state index is 12.6. The van der Waals surface area contributed by atoms with E-state index in [1.165, 1.54) is 0 Å². The largest absolute Gasteiger partial charge is 0.480 e. The Morgan fingerprint density at radius 1 is 1.14 bits per heavy atom. The molecule has 0 fully saturated rings. The van der Waals surface area contributed by atoms with Gasteiger partial charge in [0.05, 0.1) is 0 Å². The normalized spacial score (nSPS) is 11.8. The molecule has 29 heavy (non-hydrogen) atoms. The first kappa shape index (κ1) is 23.7. The fourth-order valence-corrected chi connectivity index (χ4v) is 2.28. The number of hydrogen-bond acceptors (Lipinski definition) is 6. The average molecular weight is 408 g/mol. The first-order chi connectivity index (χ1) is 13.5. The number of guanidine groups is 1. The second-order valence-electron chi connectivity index (χ2n) is 7.19. The summed E-state index contributed by atoms with van der Waals surface area (Å²) in [4.78, 5) is 41.2. The Labute approximate surface area is 169 Å². The van der Waals surface area contributed by atoms with Crippen molar-refractivity contribution in [2.75, 3.05) is 6.54 Å². The summed E-state index contributed by atoms with van der Waals surface area (Å²) < 4.78 is 10.4. The predicted molar refractivity (Wildman–Crippen MR) is 106 cm³/mol. The van der Waals surface area contributed by atoms with Crippen LogP contribution in [-0.4, -0.2) is 52.3 Å². The molecule has 0 saturated heterocycles. The third-order valence-corrected chi connectivity index (χ3v) is 3.52. The molecule has 5 N–H and O–H groups in total. The van der Waals surface area contributed by atoms with E-state index in [-0.39, 0.29) is 32.0 Å². The van der Waals surface area contributed by atoms with Gasteiger partial charge in [0.15, 0.2) is 5.96 Å². The van der Waals surface area contributed by atoms with E-state index < -0.39 is 29.8 Å². The van der Waals surface area contributed by atoms with Gasteiger partial charge in [0.25, 0.3) is 0 Å². The van der Waals surface area contributed by atoms with Crippen LogP contribution in [-0.2, 0) is 20.9 Å². The minimum atomic E-state index is -1.50. The minimum Gasteiger partial charge on any atom is -0.480 e. The maximum Gasteiger partial charge on any atom is 0.420 e. The number of nitrogens with zero attached hydrogens (tertiary/aromatic N) is 2. The van der Waals surface area contributed by atoms with E-state index in [0.717, 1.165) is 0 Å². The SMILES string of the molecule is CC(C)(C)OC(=O)N(C(=O)OCc1ccccc1)C(CCCN=C(N)N)C(=O)O. The van der Waals surface area contributed by atoms with Gasteiger partial charge in [-0.25, -0.2) is 14.4 Å². The molecule has 1 atom stereocenters. The lowest BCUT2D eigenvalue weighted by atomic mass is 10.1. The van der Waals surface area contributed by atoms with E-state index in [9.17, 15) is 19.5 Å². The second-order valence-corrected chi connectivity index (χ2v) is 7.19. The number of ether oxygens (including phenoxy) is 2. The standard InChI is InChI=1S/C19H28N4O6/c1-19(2,3)29-18(27)23(14(15(24)25)10-7-11-22-16(20)21)17(26)28-12-13-8-5-4-6-9-13/h4-6,8-9,14H,7,10-12H2,1-3H3,(H,24,25)(H4,20,21,22). The van der Waals surface area contributed by atoms with Crippen LogP contribution in [0.4, 0.5) is 9.59 Å². The number of carboxylic acids is 1. The number of hydrogen-bond donors (Lipinski definition) is 3. The summed E-state index contributed by atoms with van der Waals surface area (Å²) in [6.07, 6.45) is -2.08. The number of carboxylic acid groups (broad SMARTS) is 1. The number of carbonyl (C=O) groups excluding carboxylic acids is 2. The van der Waals surface area contributed by atoms with Gasteiger partial charge in [-0.15, -0.1) is 0 Å². The maximum atomic E-state index is 12.6. The highest BCUT2D eigenvalue weighted by atomic mass is 16.6. The number of aliphatic carboxylic acids is 1. The van der Waals surface area contributed by atoms with Gasteiger partial charge in [-0.2, -0.15) is 4.90 Å². The van der Waals surface area contributed by atoms with Crippen LogP contribution in [0.5, 0.6) is 0 Å². The number of carbonyl (C=O) groups is 3. The molecule has 1 rings (SSSR count). The molecule has 2 amide bonds. The fourth-order valence-electron chi connectivity index (χ4n) is 2.28. The van der Waals surface area contributed by atoms with E-state index in [1.54, 1.807) is 51.1 Å². The summed E-state index contributed by atoms with van der Waals surface area (Å²) in [5.74, 6) is -1.51. The van der Waals surface area contributed by atoms with Crippen molar-refractivity contribution < 1.29 is 29.0 Å². The number of imide groups is 1. The molecule has 0 radical (unpaired) electrons. The van der Waals surface area contributed by atoms with Gasteiger partial charge in [0.2, 0.25) is 0 Å². The van der Waals surface area contributed by atoms with E-state index in [4.69, 9.17) is 20.9 Å². The van der Waals surface area contributed by atoms with E-state index >= 15 is 0 Å². The van der Waals surface area contributed by atoms with Crippen LogP contribution in [0, 0.1) is 0 Å². The molecule has 160 valence electrons. The Hall–Kier alpha value is -3.30. The number of benzene rings is 1. The summed E-state index contributed by atoms with van der Waals surface area (Å²) in [6, 6.07) is 7.29. The summed E-state index contributed by atoms with van der Waals surface area (Å²) in [5, 5.41) is 9.59. The smallest absolute Gasteiger partial charge is 0.420 e. The molecule has 1 aromatic rings. The highest BCUT2D eigenvalue weighted by Crippen LogP contribution is 2.17. The van der Waals surface area contributed by atoms with Crippen LogP contribution in [0.1, 0.15) is 39.2 Å². The van der Waals surface area contributed by atoms with Gasteiger partial charge in [-0.3, -0.25) is 4.99 Å². The Balaban J connectivity index is 2.99. The van der Waals surface area contributed by atoms with Crippen LogP contribution in [0.25, 0.3) is 0 Å². The second kappa shape index (κ2) is 10.9. The molecule has 0 saturated carbocycles. The monoisotopic (exact) mass is 408 g/mol. The lowest BCUT2D eigenvalue weighted by Gasteiger charge is -2.29. The van der Waals surface area contributed by atoms with Crippen molar-refractivity contribution in [3.63, 3.8) is 0 Å². The molecule has 0 heterocycles. The van der Waals surface area contributed by atoms with E-state index in [2.05, 4.69) is 4.99 Å². The summed E-state index contributed by atoms with van der Waals surface area (Å²) in [5.41, 5.74) is 10.2. The van der Waals surface area contributed by atoms with Crippen molar-refractivity contribution in [3.05, 3.63) is 35.9 Å². The fraction of sp³-hybridized carbons (Fsp3) is 0.474. The highest BCUT2D eigenvalue weighted by Gasteiger charge is 2.38. The van der Waals surface area contributed by atoms with Crippen molar-refractivity contribution in [2.45, 2.75) is 51.9 Å². The zero-order chi connectivity index (χ0) is 22.0. The van der Waals surface area contributed by atoms with Gasteiger partial charge in [0.1, 0.15) is 18.2 Å². The molecular formula is C19H28N4O6. The summed E-state index contributed by atoms with van der Waals surface area (Å²) in [7, 11) is 0. The van der Waals surface area contributed by atoms with Crippen LogP contribution < -0.4 is 11.5 Å². The molecule has 0 bridgehead atoms. The topological polar surface area (TPSA) is 158 Å². The minimum absolute atomic E-state index is 0.0776. The Kier molecular flexibility index (Phi) is 8.91. The van der Waals surface area contributed by atoms with E-state index in [1.807, 2.05) is 0 Å². The molecule has 0 aliphatic heterocycles. The van der Waals surface area contributed by atoms with Crippen molar-refractivity contribution in [1.29, 1.82) is 0 Å². The van der Waals surface area contributed by atoms with Crippen molar-refractivity contribution in [1.82, 2.24) is 4.90 Å². The van der Waals surface area contributed by atoms with Crippen LogP contribution in [0.3, 0.4) is 0 Å².